The minimum atomic E-state index is 0.175. The number of fused-ring (bicyclic) bond motifs is 1. The number of imidazole rings is 1. The SMILES string of the molecule is COc1ccc2nc(SCC(C)CNC(C)(C)C)[nH]c2c1. The second-order valence-electron chi connectivity index (χ2n) is 6.47. The average Bonchev–Trinajstić information content (AvgIpc) is 2.83. The summed E-state index contributed by atoms with van der Waals surface area (Å²) in [6, 6.07) is 5.91. The highest BCUT2D eigenvalue weighted by Crippen LogP contribution is 2.24. The molecule has 0 amide bonds. The number of ether oxygens (including phenoxy) is 1. The van der Waals surface area contributed by atoms with Gasteiger partial charge < -0.3 is 15.0 Å². The van der Waals surface area contributed by atoms with E-state index >= 15 is 0 Å². The van der Waals surface area contributed by atoms with Gasteiger partial charge in [-0.1, -0.05) is 18.7 Å². The molecule has 0 radical (unpaired) electrons. The molecule has 0 saturated carbocycles. The lowest BCUT2D eigenvalue weighted by molar-refractivity contribution is 0.395. The number of hydrogen-bond acceptors (Lipinski definition) is 4. The lowest BCUT2D eigenvalue weighted by Crippen LogP contribution is -2.39. The number of thioether (sulfide) groups is 1. The maximum absolute atomic E-state index is 5.23. The predicted octanol–water partition coefficient (Wildman–Crippen LogP) is 3.69. The normalized spacial score (nSPS) is 13.6. The molecule has 0 fully saturated rings. The third kappa shape index (κ3) is 4.93. The Balaban J connectivity index is 1.91. The van der Waals surface area contributed by atoms with Crippen LogP contribution in [0.1, 0.15) is 27.7 Å². The number of aromatic amines is 1. The molecule has 0 aliphatic carbocycles. The number of benzene rings is 1. The van der Waals surface area contributed by atoms with Gasteiger partial charge in [0.2, 0.25) is 0 Å². The topological polar surface area (TPSA) is 49.9 Å². The van der Waals surface area contributed by atoms with Crippen LogP contribution in [0.5, 0.6) is 5.75 Å². The Morgan fingerprint density at radius 3 is 2.81 bits per heavy atom. The quantitative estimate of drug-likeness (QED) is 0.799. The van der Waals surface area contributed by atoms with E-state index in [-0.39, 0.29) is 5.54 Å². The van der Waals surface area contributed by atoms with Crippen LogP contribution in [0.3, 0.4) is 0 Å². The van der Waals surface area contributed by atoms with Gasteiger partial charge in [0.25, 0.3) is 0 Å². The van der Waals surface area contributed by atoms with Crippen LogP contribution in [-0.4, -0.2) is 34.9 Å². The Bertz CT molecular complexity index is 589. The van der Waals surface area contributed by atoms with Crippen molar-refractivity contribution in [3.05, 3.63) is 18.2 Å². The highest BCUT2D eigenvalue weighted by atomic mass is 32.2. The second kappa shape index (κ2) is 6.71. The number of H-pyrrole nitrogens is 1. The lowest BCUT2D eigenvalue weighted by Gasteiger charge is -2.23. The Hall–Kier alpha value is -1.20. The van der Waals surface area contributed by atoms with Crippen LogP contribution in [-0.2, 0) is 0 Å². The van der Waals surface area contributed by atoms with Crippen LogP contribution in [0.4, 0.5) is 0 Å². The molecule has 116 valence electrons. The summed E-state index contributed by atoms with van der Waals surface area (Å²) in [7, 11) is 1.68. The van der Waals surface area contributed by atoms with E-state index in [0.717, 1.165) is 34.2 Å². The van der Waals surface area contributed by atoms with Crippen molar-refractivity contribution in [3.63, 3.8) is 0 Å². The summed E-state index contributed by atoms with van der Waals surface area (Å²) in [5, 5.41) is 4.51. The Kier molecular flexibility index (Phi) is 5.17. The molecule has 0 bridgehead atoms. The third-order valence-electron chi connectivity index (χ3n) is 3.15. The van der Waals surface area contributed by atoms with E-state index in [1.807, 2.05) is 18.2 Å². The largest absolute Gasteiger partial charge is 0.497 e. The molecule has 0 saturated heterocycles. The van der Waals surface area contributed by atoms with Gasteiger partial charge in [-0.2, -0.15) is 0 Å². The van der Waals surface area contributed by atoms with Crippen molar-refractivity contribution in [2.24, 2.45) is 5.92 Å². The Morgan fingerprint density at radius 1 is 1.38 bits per heavy atom. The Labute approximate surface area is 131 Å². The van der Waals surface area contributed by atoms with Crippen LogP contribution in [0, 0.1) is 5.92 Å². The van der Waals surface area contributed by atoms with Crippen LogP contribution in [0.15, 0.2) is 23.4 Å². The van der Waals surface area contributed by atoms with Gasteiger partial charge in [-0.15, -0.1) is 0 Å². The van der Waals surface area contributed by atoms with Gasteiger partial charge >= 0.3 is 0 Å². The summed E-state index contributed by atoms with van der Waals surface area (Å²) < 4.78 is 5.23. The van der Waals surface area contributed by atoms with Crippen molar-refractivity contribution < 1.29 is 4.74 Å². The van der Waals surface area contributed by atoms with Gasteiger partial charge in [0, 0.05) is 17.4 Å². The van der Waals surface area contributed by atoms with Gasteiger partial charge in [0.15, 0.2) is 5.16 Å². The molecule has 2 aromatic rings. The number of nitrogens with one attached hydrogen (secondary N) is 2. The minimum absolute atomic E-state index is 0.175. The minimum Gasteiger partial charge on any atom is -0.497 e. The van der Waals surface area contributed by atoms with Gasteiger partial charge in [-0.25, -0.2) is 4.98 Å². The average molecular weight is 307 g/mol. The highest BCUT2D eigenvalue weighted by molar-refractivity contribution is 7.99. The number of methoxy groups -OCH3 is 1. The maximum Gasteiger partial charge on any atom is 0.166 e. The zero-order valence-corrected chi connectivity index (χ0v) is 14.3. The molecule has 2 N–H and O–H groups in total. The number of rotatable bonds is 6. The fourth-order valence-corrected chi connectivity index (χ4v) is 2.83. The molecular weight excluding hydrogens is 282 g/mol. The number of aromatic nitrogens is 2. The smallest absolute Gasteiger partial charge is 0.166 e. The zero-order chi connectivity index (χ0) is 15.5. The first-order valence-electron chi connectivity index (χ1n) is 7.29. The molecule has 0 aliphatic heterocycles. The molecule has 0 aliphatic rings. The summed E-state index contributed by atoms with van der Waals surface area (Å²) in [5.41, 5.74) is 2.19. The molecule has 2 rings (SSSR count). The van der Waals surface area contributed by atoms with E-state index in [1.54, 1.807) is 18.9 Å². The zero-order valence-electron chi connectivity index (χ0n) is 13.5. The summed E-state index contributed by atoms with van der Waals surface area (Å²) in [6.45, 7) is 9.86. The van der Waals surface area contributed by atoms with Gasteiger partial charge in [-0.05, 0) is 45.4 Å². The third-order valence-corrected chi connectivity index (χ3v) is 4.36. The van der Waals surface area contributed by atoms with E-state index in [4.69, 9.17) is 4.74 Å². The van der Waals surface area contributed by atoms with E-state index < -0.39 is 0 Å². The molecule has 4 nitrogen and oxygen atoms in total. The van der Waals surface area contributed by atoms with Crippen LogP contribution in [0.2, 0.25) is 0 Å². The van der Waals surface area contributed by atoms with E-state index in [2.05, 4.69) is 43.0 Å². The summed E-state index contributed by atoms with van der Waals surface area (Å²) in [5.74, 6) is 2.49. The Morgan fingerprint density at radius 2 is 2.14 bits per heavy atom. The first-order chi connectivity index (χ1) is 9.87. The van der Waals surface area contributed by atoms with Crippen LogP contribution < -0.4 is 10.1 Å². The first-order valence-corrected chi connectivity index (χ1v) is 8.27. The maximum atomic E-state index is 5.23. The molecule has 1 aromatic carbocycles. The van der Waals surface area contributed by atoms with Crippen molar-refractivity contribution in [3.8, 4) is 5.75 Å². The van der Waals surface area contributed by atoms with Crippen LogP contribution >= 0.6 is 11.8 Å². The lowest BCUT2D eigenvalue weighted by atomic mass is 10.1. The summed E-state index contributed by atoms with van der Waals surface area (Å²) in [6.07, 6.45) is 0. The highest BCUT2D eigenvalue weighted by Gasteiger charge is 2.12. The second-order valence-corrected chi connectivity index (χ2v) is 7.48. The monoisotopic (exact) mass is 307 g/mol. The first kappa shape index (κ1) is 16.2. The van der Waals surface area contributed by atoms with E-state index in [1.165, 1.54) is 0 Å². The van der Waals surface area contributed by atoms with Crippen molar-refractivity contribution in [2.45, 2.75) is 38.4 Å². The summed E-state index contributed by atoms with van der Waals surface area (Å²) in [4.78, 5) is 7.95. The molecule has 1 unspecified atom stereocenters. The van der Waals surface area contributed by atoms with Crippen molar-refractivity contribution in [1.82, 2.24) is 15.3 Å². The molecule has 5 heteroatoms. The molecular formula is C16H25N3OS. The van der Waals surface area contributed by atoms with Crippen molar-refractivity contribution >= 4 is 22.8 Å². The van der Waals surface area contributed by atoms with E-state index in [9.17, 15) is 0 Å². The molecule has 1 heterocycles. The molecule has 1 atom stereocenters. The predicted molar refractivity (Wildman–Crippen MR) is 90.3 cm³/mol. The number of nitrogens with zero attached hydrogens (tertiary/aromatic N) is 1. The molecule has 21 heavy (non-hydrogen) atoms. The fraction of sp³-hybridized carbons (Fsp3) is 0.562. The van der Waals surface area contributed by atoms with Crippen LogP contribution in [0.25, 0.3) is 11.0 Å². The number of hydrogen-bond donors (Lipinski definition) is 2. The standard InChI is InChI=1S/C16H25N3OS/c1-11(9-17-16(2,3)4)10-21-15-18-13-7-6-12(20-5)8-14(13)19-15/h6-8,11,17H,9-10H2,1-5H3,(H,18,19). The van der Waals surface area contributed by atoms with Gasteiger partial charge in [0.05, 0.1) is 18.1 Å². The van der Waals surface area contributed by atoms with E-state index in [0.29, 0.717) is 5.92 Å². The molecule has 1 aromatic heterocycles. The summed E-state index contributed by atoms with van der Waals surface area (Å²) >= 11 is 1.77. The van der Waals surface area contributed by atoms with Gasteiger partial charge in [-0.3, -0.25) is 0 Å². The fourth-order valence-electron chi connectivity index (χ4n) is 1.92. The molecule has 0 spiro atoms. The van der Waals surface area contributed by atoms with Crippen molar-refractivity contribution in [1.29, 1.82) is 0 Å². The van der Waals surface area contributed by atoms with Gasteiger partial charge in [0.1, 0.15) is 5.75 Å². The van der Waals surface area contributed by atoms with Crippen molar-refractivity contribution in [2.75, 3.05) is 19.4 Å².